The normalized spacial score (nSPS) is 10.7. The van der Waals surface area contributed by atoms with E-state index in [0.29, 0.717) is 5.69 Å². The van der Waals surface area contributed by atoms with E-state index in [1.165, 1.54) is 36.8 Å². The number of nitro benzene ring substituents is 1. The van der Waals surface area contributed by atoms with Gasteiger partial charge in [-0.2, -0.15) is 0 Å². The fourth-order valence-corrected chi connectivity index (χ4v) is 1.30. The molecular weight excluding hydrogens is 250 g/mol. The van der Waals surface area contributed by atoms with Crippen LogP contribution in [-0.4, -0.2) is 26.2 Å². The highest BCUT2D eigenvalue weighted by Crippen LogP contribution is 2.22. The number of rotatable bonds is 3. The zero-order chi connectivity index (χ0) is 13.8. The average molecular weight is 259 g/mol. The Morgan fingerprint density at radius 2 is 2.05 bits per heavy atom. The van der Waals surface area contributed by atoms with Crippen LogP contribution >= 0.6 is 0 Å². The smallest absolute Gasteiger partial charge is 0.270 e. The number of nitrogens with zero attached hydrogens (tertiary/aromatic N) is 4. The number of anilines is 1. The molecule has 1 aromatic heterocycles. The van der Waals surface area contributed by atoms with Crippen molar-refractivity contribution in [3.05, 3.63) is 46.3 Å². The first-order chi connectivity index (χ1) is 9.06. The second-order valence-corrected chi connectivity index (χ2v) is 3.56. The molecule has 1 heterocycles. The lowest BCUT2D eigenvalue weighted by Gasteiger charge is -1.98. The summed E-state index contributed by atoms with van der Waals surface area (Å²) in [7, 11) is 0. The second kappa shape index (κ2) is 5.08. The van der Waals surface area contributed by atoms with E-state index in [1.807, 2.05) is 0 Å². The maximum atomic E-state index is 10.6. The Hall–Kier alpha value is -3.03. The number of non-ortho nitro benzene ring substituents is 1. The number of phenolic OH excluding ortho intramolecular Hbond substituents is 1. The molecule has 0 aliphatic carbocycles. The van der Waals surface area contributed by atoms with E-state index >= 15 is 0 Å². The van der Waals surface area contributed by atoms with Crippen LogP contribution in [0, 0.1) is 10.1 Å². The van der Waals surface area contributed by atoms with Crippen LogP contribution in [0.15, 0.2) is 35.6 Å². The molecular formula is C11H9N5O3. The summed E-state index contributed by atoms with van der Waals surface area (Å²) in [5.41, 5.74) is 5.84. The molecule has 2 rings (SSSR count). The zero-order valence-electron chi connectivity index (χ0n) is 9.59. The first-order valence-electron chi connectivity index (χ1n) is 5.15. The Balaban J connectivity index is 2.29. The minimum atomic E-state index is -0.552. The van der Waals surface area contributed by atoms with Crippen LogP contribution in [0.25, 0.3) is 0 Å². The minimum absolute atomic E-state index is 0.106. The SMILES string of the molecule is Nc1ncc(N=Cc2cc([N+](=O)[O-])ccc2O)cn1. The van der Waals surface area contributed by atoms with Gasteiger partial charge in [-0.3, -0.25) is 15.1 Å². The molecule has 0 atom stereocenters. The van der Waals surface area contributed by atoms with Crippen molar-refractivity contribution in [2.45, 2.75) is 0 Å². The average Bonchev–Trinajstić information content (AvgIpc) is 2.39. The van der Waals surface area contributed by atoms with Gasteiger partial charge in [0.2, 0.25) is 5.95 Å². The van der Waals surface area contributed by atoms with E-state index < -0.39 is 4.92 Å². The number of phenols is 1. The summed E-state index contributed by atoms with van der Waals surface area (Å²) in [6.45, 7) is 0. The number of aromatic hydroxyl groups is 1. The Bertz CT molecular complexity index is 639. The number of nitrogens with two attached hydrogens (primary N) is 1. The van der Waals surface area contributed by atoms with Crippen molar-refractivity contribution < 1.29 is 10.0 Å². The maximum absolute atomic E-state index is 10.6. The van der Waals surface area contributed by atoms with Crippen LogP contribution < -0.4 is 5.73 Å². The van der Waals surface area contributed by atoms with E-state index in [0.717, 1.165) is 0 Å². The van der Waals surface area contributed by atoms with Crippen molar-refractivity contribution in [3.8, 4) is 5.75 Å². The molecule has 19 heavy (non-hydrogen) atoms. The van der Waals surface area contributed by atoms with Crippen LogP contribution in [0.3, 0.4) is 0 Å². The zero-order valence-corrected chi connectivity index (χ0v) is 9.59. The van der Waals surface area contributed by atoms with E-state index in [1.54, 1.807) is 0 Å². The van der Waals surface area contributed by atoms with Gasteiger partial charge < -0.3 is 10.8 Å². The van der Waals surface area contributed by atoms with Crippen molar-refractivity contribution in [2.75, 3.05) is 5.73 Å². The number of hydrogen-bond donors (Lipinski definition) is 2. The molecule has 0 saturated heterocycles. The van der Waals surface area contributed by atoms with Crippen molar-refractivity contribution in [3.63, 3.8) is 0 Å². The lowest BCUT2D eigenvalue weighted by molar-refractivity contribution is -0.384. The number of nitrogen functional groups attached to an aromatic ring is 1. The van der Waals surface area contributed by atoms with Gasteiger partial charge in [-0.1, -0.05) is 0 Å². The third kappa shape index (κ3) is 3.00. The fourth-order valence-electron chi connectivity index (χ4n) is 1.30. The molecule has 0 aliphatic rings. The van der Waals surface area contributed by atoms with Gasteiger partial charge in [0.05, 0.1) is 23.0 Å². The molecule has 96 valence electrons. The predicted octanol–water partition coefficient (Wildman–Crippen LogP) is 1.42. The number of hydrogen-bond acceptors (Lipinski definition) is 7. The highest BCUT2D eigenvalue weighted by atomic mass is 16.6. The molecule has 1 aromatic carbocycles. The van der Waals surface area contributed by atoms with Gasteiger partial charge in [0.25, 0.3) is 5.69 Å². The van der Waals surface area contributed by atoms with Crippen LogP contribution in [-0.2, 0) is 0 Å². The largest absolute Gasteiger partial charge is 0.507 e. The highest BCUT2D eigenvalue weighted by molar-refractivity contribution is 5.86. The van der Waals surface area contributed by atoms with E-state index in [2.05, 4.69) is 15.0 Å². The summed E-state index contributed by atoms with van der Waals surface area (Å²) in [6.07, 6.45) is 4.08. The third-order valence-corrected chi connectivity index (χ3v) is 2.23. The number of aromatic nitrogens is 2. The van der Waals surface area contributed by atoms with Crippen LogP contribution in [0.4, 0.5) is 17.3 Å². The van der Waals surface area contributed by atoms with Gasteiger partial charge in [-0.05, 0) is 6.07 Å². The molecule has 0 amide bonds. The first kappa shape index (κ1) is 12.4. The Labute approximate surface area is 107 Å². The predicted molar refractivity (Wildman–Crippen MR) is 68.5 cm³/mol. The summed E-state index contributed by atoms with van der Waals surface area (Å²) in [5, 5.41) is 20.2. The van der Waals surface area contributed by atoms with Crippen molar-refractivity contribution >= 4 is 23.5 Å². The monoisotopic (exact) mass is 259 g/mol. The van der Waals surface area contributed by atoms with Crippen LogP contribution in [0.1, 0.15) is 5.56 Å². The van der Waals surface area contributed by atoms with Gasteiger partial charge in [-0.25, -0.2) is 9.97 Å². The molecule has 3 N–H and O–H groups in total. The molecule has 0 bridgehead atoms. The van der Waals surface area contributed by atoms with Crippen LogP contribution in [0.2, 0.25) is 0 Å². The summed E-state index contributed by atoms with van der Waals surface area (Å²) >= 11 is 0. The Kier molecular flexibility index (Phi) is 3.33. The second-order valence-electron chi connectivity index (χ2n) is 3.56. The molecule has 8 heteroatoms. The van der Waals surface area contributed by atoms with Gasteiger partial charge >= 0.3 is 0 Å². The Morgan fingerprint density at radius 3 is 2.68 bits per heavy atom. The molecule has 0 radical (unpaired) electrons. The summed E-state index contributed by atoms with van der Waals surface area (Å²) in [5.74, 6) is 0.0165. The van der Waals surface area contributed by atoms with E-state index in [9.17, 15) is 15.2 Å². The summed E-state index contributed by atoms with van der Waals surface area (Å²) < 4.78 is 0. The standard InChI is InChI=1S/C11H9N5O3/c12-11-14-5-8(6-15-11)13-4-7-3-9(16(18)19)1-2-10(7)17/h1-6,17H,(H2,12,14,15). The molecule has 0 fully saturated rings. The lowest BCUT2D eigenvalue weighted by Crippen LogP contribution is -1.92. The van der Waals surface area contributed by atoms with Gasteiger partial charge in [0.15, 0.2) is 0 Å². The summed E-state index contributed by atoms with van der Waals surface area (Å²) in [6, 6.07) is 3.66. The topological polar surface area (TPSA) is 128 Å². The van der Waals surface area contributed by atoms with Crippen molar-refractivity contribution in [1.82, 2.24) is 9.97 Å². The molecule has 8 nitrogen and oxygen atoms in total. The fraction of sp³-hybridized carbons (Fsp3) is 0. The van der Waals surface area contributed by atoms with Crippen molar-refractivity contribution in [1.29, 1.82) is 0 Å². The van der Waals surface area contributed by atoms with E-state index in [-0.39, 0.29) is 22.9 Å². The molecule has 0 unspecified atom stereocenters. The Morgan fingerprint density at radius 1 is 1.37 bits per heavy atom. The molecule has 0 aliphatic heterocycles. The maximum Gasteiger partial charge on any atom is 0.270 e. The number of nitro groups is 1. The third-order valence-electron chi connectivity index (χ3n) is 2.23. The van der Waals surface area contributed by atoms with Gasteiger partial charge in [0.1, 0.15) is 5.75 Å². The highest BCUT2D eigenvalue weighted by Gasteiger charge is 2.08. The minimum Gasteiger partial charge on any atom is -0.507 e. The van der Waals surface area contributed by atoms with Crippen molar-refractivity contribution in [2.24, 2.45) is 4.99 Å². The lowest BCUT2D eigenvalue weighted by atomic mass is 10.2. The van der Waals surface area contributed by atoms with Gasteiger partial charge in [0, 0.05) is 23.9 Å². The van der Waals surface area contributed by atoms with Crippen LogP contribution in [0.5, 0.6) is 5.75 Å². The number of benzene rings is 1. The molecule has 0 saturated carbocycles. The van der Waals surface area contributed by atoms with Gasteiger partial charge in [-0.15, -0.1) is 0 Å². The van der Waals surface area contributed by atoms with E-state index in [4.69, 9.17) is 5.73 Å². The summed E-state index contributed by atoms with van der Waals surface area (Å²) in [4.78, 5) is 21.5. The molecule has 0 spiro atoms. The first-order valence-corrected chi connectivity index (χ1v) is 5.15. The quantitative estimate of drug-likeness (QED) is 0.487. The molecule has 2 aromatic rings. The number of aliphatic imine (C=N–C) groups is 1.